The number of benzene rings is 1. The van der Waals surface area contributed by atoms with Crippen LogP contribution in [0.15, 0.2) is 24.3 Å². The number of anilines is 1. The zero-order valence-corrected chi connectivity index (χ0v) is 15.2. The Bertz CT molecular complexity index is 396. The third-order valence-electron chi connectivity index (χ3n) is 3.15. The van der Waals surface area contributed by atoms with Crippen molar-refractivity contribution in [3.63, 3.8) is 0 Å². The van der Waals surface area contributed by atoms with Crippen LogP contribution in [-0.2, 0) is 11.2 Å². The topological polar surface area (TPSA) is 41.1 Å². The molecule has 0 aliphatic heterocycles. The van der Waals surface area contributed by atoms with Crippen LogP contribution in [-0.4, -0.2) is 18.5 Å². The van der Waals surface area contributed by atoms with Gasteiger partial charge in [-0.05, 0) is 43.0 Å². The summed E-state index contributed by atoms with van der Waals surface area (Å²) in [5.74, 6) is 0.671. The fraction of sp³-hybridized carbons (Fsp3) is 0.632. The minimum Gasteiger partial charge on any atom is -0.326 e. The van der Waals surface area contributed by atoms with E-state index in [0.29, 0.717) is 18.4 Å². The first-order valence-electron chi connectivity index (χ1n) is 8.59. The van der Waals surface area contributed by atoms with Gasteiger partial charge in [-0.25, -0.2) is 0 Å². The van der Waals surface area contributed by atoms with Crippen LogP contribution in [0.2, 0.25) is 0 Å². The van der Waals surface area contributed by atoms with Crippen LogP contribution >= 0.6 is 0 Å². The SMILES string of the molecule is CC.CC(C)CCC(=O)Nc1ccc(CCNC(C)C)cc1. The van der Waals surface area contributed by atoms with Crippen LogP contribution in [0.3, 0.4) is 0 Å². The Hall–Kier alpha value is -1.35. The number of rotatable bonds is 8. The predicted octanol–water partition coefficient (Wildman–Crippen LogP) is 4.63. The first kappa shape index (κ1) is 20.6. The number of nitrogens with one attached hydrogen (secondary N) is 2. The van der Waals surface area contributed by atoms with Crippen LogP contribution in [0.4, 0.5) is 5.69 Å². The Balaban J connectivity index is 0.00000211. The minimum absolute atomic E-state index is 0.105. The van der Waals surface area contributed by atoms with Gasteiger partial charge in [0.1, 0.15) is 0 Å². The van der Waals surface area contributed by atoms with Gasteiger partial charge in [-0.2, -0.15) is 0 Å². The van der Waals surface area contributed by atoms with Crippen molar-refractivity contribution in [1.29, 1.82) is 0 Å². The van der Waals surface area contributed by atoms with Gasteiger partial charge in [0, 0.05) is 18.2 Å². The Kier molecular flexibility index (Phi) is 11.5. The molecular weight excluding hydrogens is 272 g/mol. The fourth-order valence-corrected chi connectivity index (χ4v) is 1.90. The number of carbonyl (C=O) groups excluding carboxylic acids is 1. The van der Waals surface area contributed by atoms with E-state index in [1.807, 2.05) is 26.0 Å². The summed E-state index contributed by atoms with van der Waals surface area (Å²) in [5.41, 5.74) is 2.18. The molecule has 22 heavy (non-hydrogen) atoms. The molecule has 0 saturated heterocycles. The van der Waals surface area contributed by atoms with E-state index in [1.165, 1.54) is 5.56 Å². The average molecular weight is 306 g/mol. The molecule has 0 atom stereocenters. The van der Waals surface area contributed by atoms with Crippen LogP contribution in [0.5, 0.6) is 0 Å². The van der Waals surface area contributed by atoms with Gasteiger partial charge in [0.05, 0.1) is 0 Å². The van der Waals surface area contributed by atoms with Crippen molar-refractivity contribution < 1.29 is 4.79 Å². The summed E-state index contributed by atoms with van der Waals surface area (Å²) in [7, 11) is 0. The van der Waals surface area contributed by atoms with Crippen molar-refractivity contribution >= 4 is 11.6 Å². The molecule has 0 aliphatic rings. The minimum atomic E-state index is 0.105. The molecule has 3 nitrogen and oxygen atoms in total. The molecule has 0 spiro atoms. The zero-order chi connectivity index (χ0) is 17.0. The van der Waals surface area contributed by atoms with Crippen molar-refractivity contribution in [3.8, 4) is 0 Å². The number of amides is 1. The fourth-order valence-electron chi connectivity index (χ4n) is 1.90. The predicted molar refractivity (Wildman–Crippen MR) is 97.3 cm³/mol. The third-order valence-corrected chi connectivity index (χ3v) is 3.15. The maximum atomic E-state index is 11.7. The molecule has 1 aromatic rings. The van der Waals surface area contributed by atoms with Crippen molar-refractivity contribution in [2.24, 2.45) is 5.92 Å². The lowest BCUT2D eigenvalue weighted by molar-refractivity contribution is -0.116. The maximum Gasteiger partial charge on any atom is 0.224 e. The molecule has 1 rings (SSSR count). The van der Waals surface area contributed by atoms with Crippen LogP contribution < -0.4 is 10.6 Å². The highest BCUT2D eigenvalue weighted by Gasteiger charge is 2.04. The van der Waals surface area contributed by atoms with E-state index in [1.54, 1.807) is 0 Å². The van der Waals surface area contributed by atoms with Gasteiger partial charge in [-0.1, -0.05) is 53.7 Å². The molecule has 2 N–H and O–H groups in total. The van der Waals surface area contributed by atoms with Gasteiger partial charge in [-0.15, -0.1) is 0 Å². The molecule has 126 valence electrons. The second-order valence-electron chi connectivity index (χ2n) is 6.04. The monoisotopic (exact) mass is 306 g/mol. The van der Waals surface area contributed by atoms with Crippen LogP contribution in [0.1, 0.15) is 59.9 Å². The molecule has 0 radical (unpaired) electrons. The highest BCUT2D eigenvalue weighted by atomic mass is 16.1. The second kappa shape index (κ2) is 12.2. The van der Waals surface area contributed by atoms with Crippen LogP contribution in [0.25, 0.3) is 0 Å². The lowest BCUT2D eigenvalue weighted by Gasteiger charge is -2.09. The van der Waals surface area contributed by atoms with Crippen molar-refractivity contribution in [3.05, 3.63) is 29.8 Å². The molecular formula is C19H34N2O. The average Bonchev–Trinajstić information content (AvgIpc) is 2.49. The molecule has 0 bridgehead atoms. The molecule has 3 heteroatoms. The van der Waals surface area contributed by atoms with E-state index in [-0.39, 0.29) is 5.91 Å². The van der Waals surface area contributed by atoms with Gasteiger partial charge in [0.15, 0.2) is 0 Å². The first-order chi connectivity index (χ1) is 10.5. The lowest BCUT2D eigenvalue weighted by Crippen LogP contribution is -2.24. The zero-order valence-electron chi connectivity index (χ0n) is 15.2. The molecule has 0 fully saturated rings. The highest BCUT2D eigenvalue weighted by Crippen LogP contribution is 2.11. The Morgan fingerprint density at radius 3 is 2.14 bits per heavy atom. The number of carbonyl (C=O) groups is 1. The van der Waals surface area contributed by atoms with Crippen molar-refractivity contribution in [2.75, 3.05) is 11.9 Å². The largest absolute Gasteiger partial charge is 0.326 e. The summed E-state index contributed by atoms with van der Waals surface area (Å²) in [6, 6.07) is 8.66. The van der Waals surface area contributed by atoms with E-state index in [4.69, 9.17) is 0 Å². The highest BCUT2D eigenvalue weighted by molar-refractivity contribution is 5.90. The van der Waals surface area contributed by atoms with Gasteiger partial charge in [-0.3, -0.25) is 4.79 Å². The first-order valence-corrected chi connectivity index (χ1v) is 8.59. The summed E-state index contributed by atoms with van der Waals surface area (Å²) < 4.78 is 0. The second-order valence-corrected chi connectivity index (χ2v) is 6.04. The van der Waals surface area contributed by atoms with Gasteiger partial charge in [0.2, 0.25) is 5.91 Å². The summed E-state index contributed by atoms with van der Waals surface area (Å²) >= 11 is 0. The summed E-state index contributed by atoms with van der Waals surface area (Å²) in [5, 5.41) is 6.34. The number of hydrogen-bond donors (Lipinski definition) is 2. The Labute approximate surface area is 136 Å². The van der Waals surface area contributed by atoms with E-state index < -0.39 is 0 Å². The van der Waals surface area contributed by atoms with Gasteiger partial charge in [0.25, 0.3) is 0 Å². The Morgan fingerprint density at radius 1 is 1.05 bits per heavy atom. The summed E-state index contributed by atoms with van der Waals surface area (Å²) in [6.45, 7) is 13.5. The van der Waals surface area contributed by atoms with E-state index in [9.17, 15) is 4.79 Å². The molecule has 1 aromatic carbocycles. The quantitative estimate of drug-likeness (QED) is 0.735. The maximum absolute atomic E-state index is 11.7. The van der Waals surface area contributed by atoms with Gasteiger partial charge < -0.3 is 10.6 Å². The molecule has 0 heterocycles. The molecule has 0 unspecified atom stereocenters. The molecule has 0 saturated carbocycles. The van der Waals surface area contributed by atoms with E-state index in [0.717, 1.165) is 25.1 Å². The van der Waals surface area contributed by atoms with Gasteiger partial charge >= 0.3 is 0 Å². The standard InChI is InChI=1S/C17H28N2O.C2H6/c1-13(2)5-10-17(20)19-16-8-6-15(7-9-16)11-12-18-14(3)4;1-2/h6-9,13-14,18H,5,10-12H2,1-4H3,(H,19,20);1-2H3. The smallest absolute Gasteiger partial charge is 0.224 e. The van der Waals surface area contributed by atoms with Crippen molar-refractivity contribution in [2.45, 2.75) is 66.8 Å². The van der Waals surface area contributed by atoms with Crippen LogP contribution in [0, 0.1) is 5.92 Å². The molecule has 0 aromatic heterocycles. The van der Waals surface area contributed by atoms with Crippen molar-refractivity contribution in [1.82, 2.24) is 5.32 Å². The lowest BCUT2D eigenvalue weighted by atomic mass is 10.1. The Morgan fingerprint density at radius 2 is 1.64 bits per heavy atom. The summed E-state index contributed by atoms with van der Waals surface area (Å²) in [4.78, 5) is 11.7. The molecule has 1 amide bonds. The summed E-state index contributed by atoms with van der Waals surface area (Å²) in [6.07, 6.45) is 2.54. The third kappa shape index (κ3) is 10.4. The van der Waals surface area contributed by atoms with E-state index >= 15 is 0 Å². The van der Waals surface area contributed by atoms with E-state index in [2.05, 4.69) is 50.5 Å². The molecule has 0 aliphatic carbocycles. The normalized spacial score (nSPS) is 10.4. The number of hydrogen-bond acceptors (Lipinski definition) is 2.